The number of methoxy groups -OCH3 is 3. The summed E-state index contributed by atoms with van der Waals surface area (Å²) in [7, 11) is 4.86. The van der Waals surface area contributed by atoms with Crippen molar-refractivity contribution < 1.29 is 14.2 Å². The maximum atomic E-state index is 5.37. The molecule has 0 aromatic heterocycles. The third kappa shape index (κ3) is 4.17. The zero-order valence-corrected chi connectivity index (χ0v) is 13.2. The molecule has 1 unspecified atom stereocenters. The summed E-state index contributed by atoms with van der Waals surface area (Å²) in [4.78, 5) is 0. The predicted octanol–water partition coefficient (Wildman–Crippen LogP) is 3.33. The van der Waals surface area contributed by atoms with Gasteiger partial charge in [0, 0.05) is 12.6 Å². The van der Waals surface area contributed by atoms with Gasteiger partial charge < -0.3 is 19.5 Å². The smallest absolute Gasteiger partial charge is 0.203 e. The van der Waals surface area contributed by atoms with E-state index in [0.29, 0.717) is 17.2 Å². The standard InChI is InChI=1S/C16H25NO3/c1-11(2)7-8-17-12(3)13-9-14(18-4)16(20-6)15(10-13)19-5/h7,9-10,12,17H,8H2,1-6H3. The fourth-order valence-corrected chi connectivity index (χ4v) is 1.91. The topological polar surface area (TPSA) is 39.7 Å². The molecule has 0 radical (unpaired) electrons. The van der Waals surface area contributed by atoms with Gasteiger partial charge in [-0.3, -0.25) is 0 Å². The van der Waals surface area contributed by atoms with Gasteiger partial charge in [0.1, 0.15) is 0 Å². The van der Waals surface area contributed by atoms with Gasteiger partial charge in [0.2, 0.25) is 5.75 Å². The van der Waals surface area contributed by atoms with E-state index in [1.165, 1.54) is 5.57 Å². The first-order valence-electron chi connectivity index (χ1n) is 6.70. The van der Waals surface area contributed by atoms with Crippen LogP contribution >= 0.6 is 0 Å². The van der Waals surface area contributed by atoms with Crippen molar-refractivity contribution in [3.63, 3.8) is 0 Å². The molecule has 4 nitrogen and oxygen atoms in total. The summed E-state index contributed by atoms with van der Waals surface area (Å²) in [5.41, 5.74) is 2.40. The van der Waals surface area contributed by atoms with Gasteiger partial charge in [-0.1, -0.05) is 11.6 Å². The minimum absolute atomic E-state index is 0.194. The van der Waals surface area contributed by atoms with Gasteiger partial charge in [-0.15, -0.1) is 0 Å². The van der Waals surface area contributed by atoms with Crippen LogP contribution in [0.15, 0.2) is 23.8 Å². The molecular formula is C16H25NO3. The van der Waals surface area contributed by atoms with E-state index in [-0.39, 0.29) is 6.04 Å². The summed E-state index contributed by atoms with van der Waals surface area (Å²) in [5.74, 6) is 1.98. The lowest BCUT2D eigenvalue weighted by Gasteiger charge is -2.18. The summed E-state index contributed by atoms with van der Waals surface area (Å²) in [6.45, 7) is 7.12. The van der Waals surface area contributed by atoms with Crippen LogP contribution in [0.1, 0.15) is 32.4 Å². The second-order valence-electron chi connectivity index (χ2n) is 4.87. The minimum atomic E-state index is 0.194. The van der Waals surface area contributed by atoms with E-state index in [0.717, 1.165) is 12.1 Å². The summed E-state index contributed by atoms with van der Waals surface area (Å²) < 4.78 is 16.1. The maximum absolute atomic E-state index is 5.37. The van der Waals surface area contributed by atoms with Gasteiger partial charge in [0.05, 0.1) is 21.3 Å². The average Bonchev–Trinajstić information content (AvgIpc) is 2.44. The van der Waals surface area contributed by atoms with Crippen LogP contribution in [0.2, 0.25) is 0 Å². The van der Waals surface area contributed by atoms with Crippen molar-refractivity contribution in [1.29, 1.82) is 0 Å². The zero-order chi connectivity index (χ0) is 15.1. The van der Waals surface area contributed by atoms with Crippen LogP contribution in [0.25, 0.3) is 0 Å². The van der Waals surface area contributed by atoms with Crippen LogP contribution in [-0.2, 0) is 0 Å². The fraction of sp³-hybridized carbons (Fsp3) is 0.500. The van der Waals surface area contributed by atoms with Crippen LogP contribution in [0, 0.1) is 0 Å². The molecule has 0 fully saturated rings. The molecule has 0 heterocycles. The Kier molecular flexibility index (Phi) is 6.39. The molecule has 112 valence electrons. The molecule has 0 saturated heterocycles. The molecule has 4 heteroatoms. The predicted molar refractivity (Wildman–Crippen MR) is 81.9 cm³/mol. The van der Waals surface area contributed by atoms with Gasteiger partial charge >= 0.3 is 0 Å². The summed E-state index contributed by atoms with van der Waals surface area (Å²) in [6, 6.07) is 4.14. The Bertz CT molecular complexity index is 440. The molecule has 1 N–H and O–H groups in total. The number of allylic oxidation sites excluding steroid dienone is 1. The molecule has 0 aliphatic rings. The van der Waals surface area contributed by atoms with Gasteiger partial charge in [-0.25, -0.2) is 0 Å². The van der Waals surface area contributed by atoms with Crippen LogP contribution in [0.5, 0.6) is 17.2 Å². The van der Waals surface area contributed by atoms with Crippen molar-refractivity contribution in [3.05, 3.63) is 29.3 Å². The molecule has 0 amide bonds. The van der Waals surface area contributed by atoms with Gasteiger partial charge in [0.25, 0.3) is 0 Å². The molecule has 1 atom stereocenters. The Morgan fingerprint density at radius 2 is 1.65 bits per heavy atom. The van der Waals surface area contributed by atoms with E-state index in [9.17, 15) is 0 Å². The highest BCUT2D eigenvalue weighted by molar-refractivity contribution is 5.54. The summed E-state index contributed by atoms with van der Waals surface area (Å²) in [5, 5.41) is 3.44. The molecule has 1 aromatic carbocycles. The second-order valence-corrected chi connectivity index (χ2v) is 4.87. The zero-order valence-electron chi connectivity index (χ0n) is 13.2. The largest absolute Gasteiger partial charge is 0.493 e. The first kappa shape index (κ1) is 16.4. The number of hydrogen-bond donors (Lipinski definition) is 1. The summed E-state index contributed by atoms with van der Waals surface area (Å²) in [6.07, 6.45) is 2.16. The van der Waals surface area contributed by atoms with Gasteiger partial charge in [0.15, 0.2) is 11.5 Å². The molecule has 0 saturated carbocycles. The monoisotopic (exact) mass is 279 g/mol. The Balaban J connectivity index is 2.97. The SMILES string of the molecule is COc1cc(C(C)NCC=C(C)C)cc(OC)c1OC. The minimum Gasteiger partial charge on any atom is -0.493 e. The highest BCUT2D eigenvalue weighted by Crippen LogP contribution is 2.39. The van der Waals surface area contributed by atoms with Gasteiger partial charge in [-0.05, 0) is 38.5 Å². The molecule has 20 heavy (non-hydrogen) atoms. The third-order valence-corrected chi connectivity index (χ3v) is 3.12. The lowest BCUT2D eigenvalue weighted by Crippen LogP contribution is -2.19. The Labute approximate surface area is 121 Å². The highest BCUT2D eigenvalue weighted by atomic mass is 16.5. The lowest BCUT2D eigenvalue weighted by molar-refractivity contribution is 0.323. The Hall–Kier alpha value is -1.68. The molecule has 0 aliphatic carbocycles. The van der Waals surface area contributed by atoms with Gasteiger partial charge in [-0.2, -0.15) is 0 Å². The number of benzene rings is 1. The molecule has 0 spiro atoms. The quantitative estimate of drug-likeness (QED) is 0.777. The van der Waals surface area contributed by atoms with Crippen molar-refractivity contribution in [2.75, 3.05) is 27.9 Å². The van der Waals surface area contributed by atoms with Crippen LogP contribution < -0.4 is 19.5 Å². The number of ether oxygens (including phenoxy) is 3. The highest BCUT2D eigenvalue weighted by Gasteiger charge is 2.15. The average molecular weight is 279 g/mol. The maximum Gasteiger partial charge on any atom is 0.203 e. The van der Waals surface area contributed by atoms with E-state index in [1.54, 1.807) is 21.3 Å². The second kappa shape index (κ2) is 7.80. The molecule has 1 rings (SSSR count). The number of rotatable bonds is 7. The van der Waals surface area contributed by atoms with Crippen LogP contribution in [0.3, 0.4) is 0 Å². The van der Waals surface area contributed by atoms with E-state index in [2.05, 4.69) is 32.2 Å². The van der Waals surface area contributed by atoms with Crippen LogP contribution in [0.4, 0.5) is 0 Å². The third-order valence-electron chi connectivity index (χ3n) is 3.12. The van der Waals surface area contributed by atoms with E-state index >= 15 is 0 Å². The van der Waals surface area contributed by atoms with Crippen molar-refractivity contribution >= 4 is 0 Å². The van der Waals surface area contributed by atoms with Crippen molar-refractivity contribution in [3.8, 4) is 17.2 Å². The molecular weight excluding hydrogens is 254 g/mol. The van der Waals surface area contributed by atoms with E-state index in [4.69, 9.17) is 14.2 Å². The van der Waals surface area contributed by atoms with Crippen molar-refractivity contribution in [1.82, 2.24) is 5.32 Å². The van der Waals surface area contributed by atoms with Crippen LogP contribution in [-0.4, -0.2) is 27.9 Å². The lowest BCUT2D eigenvalue weighted by atomic mass is 10.1. The normalized spacial score (nSPS) is 11.7. The fourth-order valence-electron chi connectivity index (χ4n) is 1.91. The Morgan fingerprint density at radius 3 is 2.05 bits per heavy atom. The Morgan fingerprint density at radius 1 is 1.10 bits per heavy atom. The first-order chi connectivity index (χ1) is 9.53. The van der Waals surface area contributed by atoms with E-state index < -0.39 is 0 Å². The van der Waals surface area contributed by atoms with Crippen molar-refractivity contribution in [2.24, 2.45) is 0 Å². The van der Waals surface area contributed by atoms with E-state index in [1.807, 2.05) is 12.1 Å². The number of nitrogens with one attached hydrogen (secondary N) is 1. The van der Waals surface area contributed by atoms with Crippen molar-refractivity contribution in [2.45, 2.75) is 26.8 Å². The molecule has 1 aromatic rings. The summed E-state index contributed by atoms with van der Waals surface area (Å²) >= 11 is 0. The molecule has 0 bridgehead atoms. The number of hydrogen-bond acceptors (Lipinski definition) is 4. The molecule has 0 aliphatic heterocycles. The first-order valence-corrected chi connectivity index (χ1v) is 6.70.